The lowest BCUT2D eigenvalue weighted by Crippen LogP contribution is -2.43. The van der Waals surface area contributed by atoms with E-state index in [4.69, 9.17) is 0 Å². The van der Waals surface area contributed by atoms with Crippen LogP contribution in [-0.2, 0) is 19.1 Å². The topological polar surface area (TPSA) is 52.6 Å². The third kappa shape index (κ3) is 2.97. The van der Waals surface area contributed by atoms with Crippen molar-refractivity contribution in [2.24, 2.45) is 5.92 Å². The largest absolute Gasteiger partial charge is 0.468 e. The van der Waals surface area contributed by atoms with Crippen LogP contribution in [0.4, 0.5) is 0 Å². The summed E-state index contributed by atoms with van der Waals surface area (Å²) in [5.41, 5.74) is 0. The summed E-state index contributed by atoms with van der Waals surface area (Å²) in [5, 5.41) is 0. The summed E-state index contributed by atoms with van der Waals surface area (Å²) >= 11 is 3.09. The highest BCUT2D eigenvalue weighted by Crippen LogP contribution is 2.29. The average molecular weight is 267 g/mol. The first-order chi connectivity index (χ1) is 6.38. The van der Waals surface area contributed by atoms with Crippen molar-refractivity contribution >= 4 is 27.9 Å². The molecule has 0 rings (SSSR count). The molecule has 0 fully saturated rings. The maximum absolute atomic E-state index is 11.4. The third-order valence-electron chi connectivity index (χ3n) is 1.71. The van der Waals surface area contributed by atoms with Gasteiger partial charge in [0.2, 0.25) is 4.32 Å². The van der Waals surface area contributed by atoms with Crippen LogP contribution >= 0.6 is 15.9 Å². The maximum atomic E-state index is 11.4. The molecule has 0 spiro atoms. The SMILES string of the molecule is COC(=O)C(Br)(CC(C)C)C(=O)OC. The Balaban J connectivity index is 4.84. The van der Waals surface area contributed by atoms with Gasteiger partial charge >= 0.3 is 11.9 Å². The Morgan fingerprint density at radius 3 is 1.79 bits per heavy atom. The zero-order valence-electron chi connectivity index (χ0n) is 8.80. The molecule has 14 heavy (non-hydrogen) atoms. The Labute approximate surface area is 92.1 Å². The molecule has 0 unspecified atom stereocenters. The first-order valence-electron chi connectivity index (χ1n) is 4.24. The van der Waals surface area contributed by atoms with Gasteiger partial charge < -0.3 is 9.47 Å². The lowest BCUT2D eigenvalue weighted by Gasteiger charge is -2.23. The zero-order valence-corrected chi connectivity index (χ0v) is 10.4. The highest BCUT2D eigenvalue weighted by Gasteiger charge is 2.46. The summed E-state index contributed by atoms with van der Waals surface area (Å²) in [6, 6.07) is 0. The van der Waals surface area contributed by atoms with Crippen LogP contribution in [0.2, 0.25) is 0 Å². The predicted octanol–water partition coefficient (Wildman–Crippen LogP) is 1.51. The molecule has 0 heterocycles. The molecule has 0 radical (unpaired) electrons. The van der Waals surface area contributed by atoms with E-state index in [2.05, 4.69) is 25.4 Å². The molecular weight excluding hydrogens is 252 g/mol. The minimum atomic E-state index is -1.37. The summed E-state index contributed by atoms with van der Waals surface area (Å²) in [5.74, 6) is -1.08. The molecule has 0 aromatic heterocycles. The number of methoxy groups -OCH3 is 2. The molecule has 0 saturated heterocycles. The molecule has 0 aliphatic rings. The monoisotopic (exact) mass is 266 g/mol. The van der Waals surface area contributed by atoms with Gasteiger partial charge in [0.15, 0.2) is 0 Å². The number of hydrogen-bond donors (Lipinski definition) is 0. The van der Waals surface area contributed by atoms with E-state index in [0.717, 1.165) is 0 Å². The number of ether oxygens (including phenoxy) is 2. The Morgan fingerprint density at radius 1 is 1.21 bits per heavy atom. The number of hydrogen-bond acceptors (Lipinski definition) is 4. The fraction of sp³-hybridized carbons (Fsp3) is 0.778. The minimum absolute atomic E-state index is 0.174. The van der Waals surface area contributed by atoms with Crippen molar-refractivity contribution in [3.8, 4) is 0 Å². The highest BCUT2D eigenvalue weighted by molar-refractivity contribution is 9.10. The molecule has 5 heteroatoms. The van der Waals surface area contributed by atoms with Crippen molar-refractivity contribution < 1.29 is 19.1 Å². The lowest BCUT2D eigenvalue weighted by atomic mass is 9.97. The van der Waals surface area contributed by atoms with Crippen LogP contribution < -0.4 is 0 Å². The van der Waals surface area contributed by atoms with Gasteiger partial charge in [-0.25, -0.2) is 9.59 Å². The van der Waals surface area contributed by atoms with E-state index < -0.39 is 16.3 Å². The van der Waals surface area contributed by atoms with Gasteiger partial charge in [-0.3, -0.25) is 0 Å². The molecule has 0 aliphatic heterocycles. The summed E-state index contributed by atoms with van der Waals surface area (Å²) in [6.07, 6.45) is 0.340. The Hall–Kier alpha value is -0.580. The lowest BCUT2D eigenvalue weighted by molar-refractivity contribution is -0.156. The van der Waals surface area contributed by atoms with E-state index in [-0.39, 0.29) is 5.92 Å². The fourth-order valence-corrected chi connectivity index (χ4v) is 2.11. The molecule has 0 bridgehead atoms. The molecule has 0 saturated carbocycles. The van der Waals surface area contributed by atoms with Crippen LogP contribution in [0.5, 0.6) is 0 Å². The van der Waals surface area contributed by atoms with Gasteiger partial charge in [0.1, 0.15) is 0 Å². The number of halogens is 1. The summed E-state index contributed by atoms with van der Waals surface area (Å²) in [6.45, 7) is 3.81. The predicted molar refractivity (Wildman–Crippen MR) is 55.1 cm³/mol. The van der Waals surface area contributed by atoms with Crippen LogP contribution in [0, 0.1) is 5.92 Å². The quantitative estimate of drug-likeness (QED) is 0.440. The zero-order chi connectivity index (χ0) is 11.4. The first kappa shape index (κ1) is 13.4. The minimum Gasteiger partial charge on any atom is -0.468 e. The number of carbonyl (C=O) groups is 2. The summed E-state index contributed by atoms with van der Waals surface area (Å²) in [4.78, 5) is 22.8. The van der Waals surface area contributed by atoms with Crippen molar-refractivity contribution in [3.63, 3.8) is 0 Å². The second-order valence-electron chi connectivity index (χ2n) is 3.38. The van der Waals surface area contributed by atoms with Gasteiger partial charge in [0.05, 0.1) is 14.2 Å². The molecular formula is C9H15BrO4. The molecule has 4 nitrogen and oxygen atoms in total. The summed E-state index contributed by atoms with van der Waals surface area (Å²) in [7, 11) is 2.48. The number of carbonyl (C=O) groups excluding carboxylic acids is 2. The van der Waals surface area contributed by atoms with E-state index in [1.807, 2.05) is 13.8 Å². The number of alkyl halides is 1. The van der Waals surface area contributed by atoms with Crippen molar-refractivity contribution in [1.29, 1.82) is 0 Å². The van der Waals surface area contributed by atoms with E-state index in [1.165, 1.54) is 14.2 Å². The van der Waals surface area contributed by atoms with Crippen LogP contribution in [0.25, 0.3) is 0 Å². The Morgan fingerprint density at radius 2 is 1.57 bits per heavy atom. The first-order valence-corrected chi connectivity index (χ1v) is 5.03. The molecule has 0 amide bonds. The van der Waals surface area contributed by atoms with Gasteiger partial charge in [-0.15, -0.1) is 0 Å². The second kappa shape index (κ2) is 5.34. The molecule has 0 aromatic rings. The summed E-state index contributed by atoms with van der Waals surface area (Å²) < 4.78 is 7.73. The molecule has 0 N–H and O–H groups in total. The molecule has 82 valence electrons. The number of rotatable bonds is 4. The Kier molecular flexibility index (Phi) is 5.12. The van der Waals surface area contributed by atoms with Gasteiger partial charge in [-0.2, -0.15) is 0 Å². The second-order valence-corrected chi connectivity index (χ2v) is 4.74. The fourth-order valence-electron chi connectivity index (χ4n) is 1.14. The van der Waals surface area contributed by atoms with Crippen LogP contribution in [0.3, 0.4) is 0 Å². The molecule has 0 aliphatic carbocycles. The van der Waals surface area contributed by atoms with Gasteiger partial charge in [0.25, 0.3) is 0 Å². The van der Waals surface area contributed by atoms with E-state index >= 15 is 0 Å². The molecule has 0 atom stereocenters. The molecule has 0 aromatic carbocycles. The van der Waals surface area contributed by atoms with Gasteiger partial charge in [0, 0.05) is 0 Å². The van der Waals surface area contributed by atoms with Gasteiger partial charge in [-0.1, -0.05) is 29.8 Å². The highest BCUT2D eigenvalue weighted by atomic mass is 79.9. The number of esters is 2. The Bertz CT molecular complexity index is 209. The normalized spacial score (nSPS) is 11.3. The smallest absolute Gasteiger partial charge is 0.334 e. The maximum Gasteiger partial charge on any atom is 0.334 e. The van der Waals surface area contributed by atoms with Crippen LogP contribution in [0.15, 0.2) is 0 Å². The van der Waals surface area contributed by atoms with Crippen molar-refractivity contribution in [2.75, 3.05) is 14.2 Å². The van der Waals surface area contributed by atoms with Crippen molar-refractivity contribution in [1.82, 2.24) is 0 Å². The van der Waals surface area contributed by atoms with Gasteiger partial charge in [-0.05, 0) is 12.3 Å². The van der Waals surface area contributed by atoms with Crippen LogP contribution in [-0.4, -0.2) is 30.5 Å². The van der Waals surface area contributed by atoms with E-state index in [0.29, 0.717) is 6.42 Å². The van der Waals surface area contributed by atoms with Crippen molar-refractivity contribution in [3.05, 3.63) is 0 Å². The van der Waals surface area contributed by atoms with Crippen LogP contribution in [0.1, 0.15) is 20.3 Å². The average Bonchev–Trinajstić information content (AvgIpc) is 2.13. The third-order valence-corrected chi connectivity index (χ3v) is 2.68. The van der Waals surface area contributed by atoms with E-state index in [1.54, 1.807) is 0 Å². The standard InChI is InChI=1S/C9H15BrO4/c1-6(2)5-9(10,7(11)13-3)8(12)14-4/h6H,5H2,1-4H3. The van der Waals surface area contributed by atoms with E-state index in [9.17, 15) is 9.59 Å². The van der Waals surface area contributed by atoms with Crippen molar-refractivity contribution in [2.45, 2.75) is 24.6 Å².